The Morgan fingerprint density at radius 3 is 2.64 bits per heavy atom. The van der Waals surface area contributed by atoms with Crippen molar-refractivity contribution in [2.45, 2.75) is 32.9 Å². The maximum absolute atomic E-state index is 4.11. The second kappa shape index (κ2) is 4.42. The zero-order chi connectivity index (χ0) is 10.6. The van der Waals surface area contributed by atoms with E-state index in [1.807, 2.05) is 19.3 Å². The Bertz CT molecular complexity index is 289. The molecule has 1 aromatic heterocycles. The molecule has 0 aliphatic rings. The average molecular weight is 193 g/mol. The summed E-state index contributed by atoms with van der Waals surface area (Å²) in [5, 5.41) is 6.58. The van der Waals surface area contributed by atoms with Crippen LogP contribution in [-0.2, 0) is 6.54 Å². The monoisotopic (exact) mass is 193 g/mol. The average Bonchev–Trinajstić information content (AvgIpc) is 2.14. The highest BCUT2D eigenvalue weighted by molar-refractivity contribution is 5.48. The van der Waals surface area contributed by atoms with Gasteiger partial charge in [-0.3, -0.25) is 4.98 Å². The van der Waals surface area contributed by atoms with Crippen LogP contribution in [0.5, 0.6) is 0 Å². The zero-order valence-corrected chi connectivity index (χ0v) is 9.39. The molecule has 0 amide bonds. The minimum absolute atomic E-state index is 0.140. The molecule has 0 saturated heterocycles. The molecular formula is C11H19N3. The zero-order valence-electron chi connectivity index (χ0n) is 9.39. The van der Waals surface area contributed by atoms with Crippen LogP contribution in [0.1, 0.15) is 26.3 Å². The molecule has 0 saturated carbocycles. The van der Waals surface area contributed by atoms with Gasteiger partial charge in [0.15, 0.2) is 0 Å². The van der Waals surface area contributed by atoms with Gasteiger partial charge < -0.3 is 10.6 Å². The highest BCUT2D eigenvalue weighted by Crippen LogP contribution is 2.13. The summed E-state index contributed by atoms with van der Waals surface area (Å²) in [6, 6.07) is 1.99. The van der Waals surface area contributed by atoms with Crippen molar-refractivity contribution in [3.05, 3.63) is 24.0 Å². The maximum Gasteiger partial charge on any atom is 0.0414 e. The van der Waals surface area contributed by atoms with Gasteiger partial charge in [0.2, 0.25) is 0 Å². The minimum Gasteiger partial charge on any atom is -0.388 e. The first-order valence-electron chi connectivity index (χ1n) is 4.88. The third kappa shape index (κ3) is 3.34. The number of aromatic nitrogens is 1. The molecule has 0 aromatic carbocycles. The Balaban J connectivity index is 2.67. The highest BCUT2D eigenvalue weighted by atomic mass is 15.0. The number of nitrogens with zero attached hydrogens (tertiary/aromatic N) is 1. The largest absolute Gasteiger partial charge is 0.388 e. The van der Waals surface area contributed by atoms with E-state index in [0.717, 1.165) is 12.2 Å². The van der Waals surface area contributed by atoms with Crippen LogP contribution in [0.2, 0.25) is 0 Å². The number of hydrogen-bond donors (Lipinski definition) is 2. The number of anilines is 1. The van der Waals surface area contributed by atoms with Gasteiger partial charge in [-0.25, -0.2) is 0 Å². The van der Waals surface area contributed by atoms with Crippen LogP contribution in [-0.4, -0.2) is 17.6 Å². The first-order chi connectivity index (χ1) is 6.53. The van der Waals surface area contributed by atoms with Crippen LogP contribution in [0.25, 0.3) is 0 Å². The standard InChI is InChI=1S/C11H19N3/c1-11(2,3)14-8-9-7-13-6-5-10(9)12-4/h5-7,14H,8H2,1-4H3,(H,12,13). The molecule has 0 atom stereocenters. The summed E-state index contributed by atoms with van der Waals surface area (Å²) in [7, 11) is 1.93. The van der Waals surface area contributed by atoms with Crippen molar-refractivity contribution in [3.63, 3.8) is 0 Å². The Labute approximate surface area is 85.9 Å². The molecule has 0 fully saturated rings. The normalized spacial score (nSPS) is 11.4. The van der Waals surface area contributed by atoms with Gasteiger partial charge in [-0.05, 0) is 26.8 Å². The van der Waals surface area contributed by atoms with E-state index in [1.54, 1.807) is 6.20 Å². The number of pyridine rings is 1. The molecule has 78 valence electrons. The summed E-state index contributed by atoms with van der Waals surface area (Å²) < 4.78 is 0. The lowest BCUT2D eigenvalue weighted by molar-refractivity contribution is 0.424. The SMILES string of the molecule is CNc1ccncc1CNC(C)(C)C. The Kier molecular flexibility index (Phi) is 3.47. The maximum atomic E-state index is 4.11. The van der Waals surface area contributed by atoms with Crippen molar-refractivity contribution >= 4 is 5.69 Å². The van der Waals surface area contributed by atoms with Gasteiger partial charge in [0.1, 0.15) is 0 Å². The molecule has 1 heterocycles. The molecule has 0 aliphatic heterocycles. The third-order valence-electron chi connectivity index (χ3n) is 1.98. The summed E-state index contributed by atoms with van der Waals surface area (Å²) in [5.41, 5.74) is 2.47. The van der Waals surface area contributed by atoms with Gasteiger partial charge >= 0.3 is 0 Å². The van der Waals surface area contributed by atoms with E-state index in [4.69, 9.17) is 0 Å². The molecule has 1 aromatic rings. The van der Waals surface area contributed by atoms with Crippen LogP contribution in [0.3, 0.4) is 0 Å². The van der Waals surface area contributed by atoms with Crippen molar-refractivity contribution in [2.75, 3.05) is 12.4 Å². The Morgan fingerprint density at radius 1 is 1.36 bits per heavy atom. The lowest BCUT2D eigenvalue weighted by atomic mass is 10.1. The highest BCUT2D eigenvalue weighted by Gasteiger charge is 2.09. The summed E-state index contributed by atoms with van der Waals surface area (Å²) in [5.74, 6) is 0. The molecule has 1 rings (SSSR count). The molecule has 0 aliphatic carbocycles. The molecule has 0 spiro atoms. The topological polar surface area (TPSA) is 37.0 Å². The first-order valence-corrected chi connectivity index (χ1v) is 4.88. The molecule has 0 bridgehead atoms. The minimum atomic E-state index is 0.140. The van der Waals surface area contributed by atoms with Crippen LogP contribution in [0, 0.1) is 0 Å². The molecule has 2 N–H and O–H groups in total. The predicted molar refractivity (Wildman–Crippen MR) is 60.4 cm³/mol. The van der Waals surface area contributed by atoms with E-state index in [2.05, 4.69) is 36.4 Å². The van der Waals surface area contributed by atoms with Crippen molar-refractivity contribution in [1.82, 2.24) is 10.3 Å². The number of hydrogen-bond acceptors (Lipinski definition) is 3. The van der Waals surface area contributed by atoms with Crippen molar-refractivity contribution in [1.29, 1.82) is 0 Å². The van der Waals surface area contributed by atoms with Crippen LogP contribution >= 0.6 is 0 Å². The quantitative estimate of drug-likeness (QED) is 0.771. The summed E-state index contributed by atoms with van der Waals surface area (Å²) in [4.78, 5) is 4.11. The summed E-state index contributed by atoms with van der Waals surface area (Å²) in [6.07, 6.45) is 3.69. The first kappa shape index (κ1) is 11.0. The smallest absolute Gasteiger partial charge is 0.0414 e. The van der Waals surface area contributed by atoms with Gasteiger partial charge in [-0.1, -0.05) is 0 Å². The van der Waals surface area contributed by atoms with E-state index >= 15 is 0 Å². The van der Waals surface area contributed by atoms with E-state index in [9.17, 15) is 0 Å². The molecular weight excluding hydrogens is 174 g/mol. The molecule has 3 nitrogen and oxygen atoms in total. The second-order valence-electron chi connectivity index (χ2n) is 4.39. The fourth-order valence-electron chi connectivity index (χ4n) is 1.17. The van der Waals surface area contributed by atoms with Gasteiger partial charge in [0.05, 0.1) is 0 Å². The Morgan fingerprint density at radius 2 is 2.07 bits per heavy atom. The van der Waals surface area contributed by atoms with E-state index in [-0.39, 0.29) is 5.54 Å². The van der Waals surface area contributed by atoms with Crippen LogP contribution in [0.15, 0.2) is 18.5 Å². The number of rotatable bonds is 3. The lowest BCUT2D eigenvalue weighted by Crippen LogP contribution is -2.35. The molecule has 14 heavy (non-hydrogen) atoms. The predicted octanol–water partition coefficient (Wildman–Crippen LogP) is 2.01. The fourth-order valence-corrected chi connectivity index (χ4v) is 1.17. The lowest BCUT2D eigenvalue weighted by Gasteiger charge is -2.21. The van der Waals surface area contributed by atoms with E-state index in [1.165, 1.54) is 5.56 Å². The van der Waals surface area contributed by atoms with Crippen LogP contribution < -0.4 is 10.6 Å². The molecule has 0 unspecified atom stereocenters. The van der Waals surface area contributed by atoms with Gasteiger partial charge in [-0.15, -0.1) is 0 Å². The summed E-state index contributed by atoms with van der Waals surface area (Å²) in [6.45, 7) is 7.31. The van der Waals surface area contributed by atoms with Crippen LogP contribution in [0.4, 0.5) is 5.69 Å². The van der Waals surface area contributed by atoms with Gasteiger partial charge in [0.25, 0.3) is 0 Å². The number of nitrogens with one attached hydrogen (secondary N) is 2. The van der Waals surface area contributed by atoms with Gasteiger partial charge in [-0.2, -0.15) is 0 Å². The molecule has 0 radical (unpaired) electrons. The van der Waals surface area contributed by atoms with E-state index in [0.29, 0.717) is 0 Å². The van der Waals surface area contributed by atoms with Crippen molar-refractivity contribution < 1.29 is 0 Å². The molecule has 3 heteroatoms. The second-order valence-corrected chi connectivity index (χ2v) is 4.39. The van der Waals surface area contributed by atoms with E-state index < -0.39 is 0 Å². The third-order valence-corrected chi connectivity index (χ3v) is 1.98. The van der Waals surface area contributed by atoms with Crippen molar-refractivity contribution in [3.8, 4) is 0 Å². The summed E-state index contributed by atoms with van der Waals surface area (Å²) >= 11 is 0. The fraction of sp³-hybridized carbons (Fsp3) is 0.545. The van der Waals surface area contributed by atoms with Gasteiger partial charge in [0, 0.05) is 42.8 Å². The Hall–Kier alpha value is -1.09. The van der Waals surface area contributed by atoms with Crippen molar-refractivity contribution in [2.24, 2.45) is 0 Å².